The zero-order valence-electron chi connectivity index (χ0n) is 14.7. The number of carbonyl (C=O) groups is 2. The number of rotatable bonds is 5. The molecule has 2 amide bonds. The van der Waals surface area contributed by atoms with Crippen molar-refractivity contribution >= 4 is 17.5 Å². The van der Waals surface area contributed by atoms with Crippen molar-refractivity contribution in [2.75, 3.05) is 11.9 Å². The summed E-state index contributed by atoms with van der Waals surface area (Å²) >= 11 is 0. The number of benzene rings is 1. The maximum absolute atomic E-state index is 13.6. The van der Waals surface area contributed by atoms with E-state index in [0.717, 1.165) is 31.4 Å². The van der Waals surface area contributed by atoms with Gasteiger partial charge in [-0.05, 0) is 68.4 Å². The molecule has 26 heavy (non-hydrogen) atoms. The summed E-state index contributed by atoms with van der Waals surface area (Å²) in [4.78, 5) is 24.7. The minimum atomic E-state index is -0.809. The summed E-state index contributed by atoms with van der Waals surface area (Å²) in [7, 11) is 0. The lowest BCUT2D eigenvalue weighted by Crippen LogP contribution is -2.53. The predicted molar refractivity (Wildman–Crippen MR) is 93.2 cm³/mol. The molecule has 4 aliphatic carbocycles. The van der Waals surface area contributed by atoms with Crippen molar-refractivity contribution in [2.24, 2.45) is 23.2 Å². The van der Waals surface area contributed by atoms with E-state index in [2.05, 4.69) is 10.6 Å². The molecule has 0 radical (unpaired) electrons. The molecule has 1 aromatic carbocycles. The Bertz CT molecular complexity index is 679. The molecule has 0 atom stereocenters. The van der Waals surface area contributed by atoms with Gasteiger partial charge in [0.1, 0.15) is 17.3 Å². The molecule has 4 fully saturated rings. The Balaban J connectivity index is 1.29. The summed E-state index contributed by atoms with van der Waals surface area (Å²) in [5.74, 6) is -0.0359. The Morgan fingerprint density at radius 2 is 1.54 bits per heavy atom. The molecule has 140 valence electrons. The average molecular weight is 362 g/mol. The topological polar surface area (TPSA) is 58.2 Å². The van der Waals surface area contributed by atoms with Gasteiger partial charge in [0.2, 0.25) is 11.8 Å². The summed E-state index contributed by atoms with van der Waals surface area (Å²) < 4.78 is 27.1. The van der Waals surface area contributed by atoms with Crippen molar-refractivity contribution in [2.45, 2.75) is 44.9 Å². The molecule has 0 spiro atoms. The van der Waals surface area contributed by atoms with Crippen LogP contribution in [0.15, 0.2) is 18.2 Å². The van der Waals surface area contributed by atoms with Crippen LogP contribution in [0.2, 0.25) is 0 Å². The van der Waals surface area contributed by atoms with Crippen LogP contribution in [0.5, 0.6) is 0 Å². The van der Waals surface area contributed by atoms with E-state index in [9.17, 15) is 18.4 Å². The third kappa shape index (κ3) is 3.21. The molecule has 4 aliphatic rings. The van der Waals surface area contributed by atoms with Crippen LogP contribution in [0.3, 0.4) is 0 Å². The number of carbonyl (C=O) groups excluding carboxylic acids is 2. The Hall–Kier alpha value is -1.98. The average Bonchev–Trinajstić information content (AvgIpc) is 2.57. The zero-order chi connectivity index (χ0) is 18.3. The summed E-state index contributed by atoms with van der Waals surface area (Å²) in [6.07, 6.45) is 6.70. The van der Waals surface area contributed by atoms with Gasteiger partial charge < -0.3 is 10.6 Å². The van der Waals surface area contributed by atoms with Crippen LogP contribution in [0.4, 0.5) is 14.5 Å². The normalized spacial score (nSPS) is 31.7. The summed E-state index contributed by atoms with van der Waals surface area (Å²) in [5, 5.41) is 5.15. The van der Waals surface area contributed by atoms with E-state index in [1.54, 1.807) is 0 Å². The van der Waals surface area contributed by atoms with Crippen LogP contribution in [0.25, 0.3) is 0 Å². The largest absolute Gasteiger partial charge is 0.355 e. The molecule has 5 rings (SSSR count). The minimum Gasteiger partial charge on any atom is -0.355 e. The fraction of sp³-hybridized carbons (Fsp3) is 0.600. The second-order valence-electron chi connectivity index (χ2n) is 8.35. The Labute approximate surface area is 151 Å². The van der Waals surface area contributed by atoms with E-state index in [4.69, 9.17) is 0 Å². The third-order valence-electron chi connectivity index (χ3n) is 6.38. The predicted octanol–water partition coefficient (Wildman–Crippen LogP) is 3.63. The zero-order valence-corrected chi connectivity index (χ0v) is 14.7. The first-order chi connectivity index (χ1) is 12.4. The molecule has 6 heteroatoms. The van der Waals surface area contributed by atoms with Crippen LogP contribution < -0.4 is 10.6 Å². The van der Waals surface area contributed by atoms with Crippen LogP contribution >= 0.6 is 0 Å². The van der Waals surface area contributed by atoms with Crippen molar-refractivity contribution in [1.29, 1.82) is 0 Å². The molecule has 4 nitrogen and oxygen atoms in total. The molecule has 2 N–H and O–H groups in total. The lowest BCUT2D eigenvalue weighted by atomic mass is 9.49. The van der Waals surface area contributed by atoms with E-state index in [1.807, 2.05) is 0 Å². The molecule has 0 unspecified atom stereocenters. The Morgan fingerprint density at radius 3 is 2.08 bits per heavy atom. The highest BCUT2D eigenvalue weighted by atomic mass is 19.1. The molecule has 4 saturated carbocycles. The van der Waals surface area contributed by atoms with Crippen LogP contribution in [-0.2, 0) is 9.59 Å². The van der Waals surface area contributed by atoms with Gasteiger partial charge in [0.15, 0.2) is 0 Å². The first kappa shape index (κ1) is 17.4. The number of para-hydroxylation sites is 1. The van der Waals surface area contributed by atoms with Gasteiger partial charge in [-0.25, -0.2) is 8.78 Å². The molecule has 0 heterocycles. The molecule has 0 aliphatic heterocycles. The van der Waals surface area contributed by atoms with Crippen molar-refractivity contribution in [3.63, 3.8) is 0 Å². The van der Waals surface area contributed by atoms with Crippen molar-refractivity contribution in [1.82, 2.24) is 5.32 Å². The molecule has 0 aromatic heterocycles. The minimum absolute atomic E-state index is 0.00806. The van der Waals surface area contributed by atoms with Gasteiger partial charge in [0.25, 0.3) is 0 Å². The lowest BCUT2D eigenvalue weighted by Gasteiger charge is -2.55. The van der Waals surface area contributed by atoms with Crippen LogP contribution in [0, 0.1) is 34.8 Å². The maximum atomic E-state index is 13.6. The van der Waals surface area contributed by atoms with Crippen molar-refractivity contribution < 1.29 is 18.4 Å². The number of amides is 2. The first-order valence-electron chi connectivity index (χ1n) is 9.47. The highest BCUT2D eigenvalue weighted by Gasteiger charge is 2.54. The van der Waals surface area contributed by atoms with Crippen molar-refractivity contribution in [3.8, 4) is 0 Å². The number of hydrogen-bond donors (Lipinski definition) is 2. The van der Waals surface area contributed by atoms with Gasteiger partial charge in [-0.1, -0.05) is 6.07 Å². The van der Waals surface area contributed by atoms with Gasteiger partial charge in [-0.3, -0.25) is 9.59 Å². The standard InChI is InChI=1S/C20H24F2N2O2/c21-15-2-1-3-16(22)18(15)24-17(25)4-5-23-19(26)20-9-12-6-13(10-20)8-14(7-12)11-20/h1-3,12-14H,4-11H2,(H,23,26)(H,24,25). The summed E-state index contributed by atoms with van der Waals surface area (Å²) in [6.45, 7) is 0.183. The van der Waals surface area contributed by atoms with E-state index in [-0.39, 0.29) is 24.3 Å². The van der Waals surface area contributed by atoms with Gasteiger partial charge in [-0.15, -0.1) is 0 Å². The number of nitrogens with one attached hydrogen (secondary N) is 2. The quantitative estimate of drug-likeness (QED) is 0.840. The van der Waals surface area contributed by atoms with E-state index >= 15 is 0 Å². The third-order valence-corrected chi connectivity index (χ3v) is 6.38. The molecular weight excluding hydrogens is 338 g/mol. The second kappa shape index (κ2) is 6.63. The smallest absolute Gasteiger partial charge is 0.226 e. The molecular formula is C20H24F2N2O2. The highest BCUT2D eigenvalue weighted by Crippen LogP contribution is 2.60. The summed E-state index contributed by atoms with van der Waals surface area (Å²) in [6, 6.07) is 3.42. The molecule has 1 aromatic rings. The number of halogens is 2. The molecule has 4 bridgehead atoms. The Kier molecular flexibility index (Phi) is 4.45. The van der Waals surface area contributed by atoms with Crippen LogP contribution in [0.1, 0.15) is 44.9 Å². The SMILES string of the molecule is O=C(CCNC(=O)C12CC3CC(CC(C3)C1)C2)Nc1c(F)cccc1F. The Morgan fingerprint density at radius 1 is 1.00 bits per heavy atom. The second-order valence-corrected chi connectivity index (χ2v) is 8.35. The number of hydrogen-bond acceptors (Lipinski definition) is 2. The van der Waals surface area contributed by atoms with Gasteiger partial charge >= 0.3 is 0 Å². The van der Waals surface area contributed by atoms with E-state index < -0.39 is 23.2 Å². The number of anilines is 1. The monoisotopic (exact) mass is 362 g/mol. The van der Waals surface area contributed by atoms with Gasteiger partial charge in [-0.2, -0.15) is 0 Å². The highest BCUT2D eigenvalue weighted by molar-refractivity contribution is 5.91. The molecule has 0 saturated heterocycles. The van der Waals surface area contributed by atoms with E-state index in [1.165, 1.54) is 25.3 Å². The van der Waals surface area contributed by atoms with E-state index in [0.29, 0.717) is 17.8 Å². The van der Waals surface area contributed by atoms with Crippen LogP contribution in [-0.4, -0.2) is 18.4 Å². The fourth-order valence-electron chi connectivity index (χ4n) is 5.68. The fourth-order valence-corrected chi connectivity index (χ4v) is 5.68. The first-order valence-corrected chi connectivity index (χ1v) is 9.47. The van der Waals surface area contributed by atoms with Gasteiger partial charge in [0.05, 0.1) is 0 Å². The van der Waals surface area contributed by atoms with Gasteiger partial charge in [0, 0.05) is 18.4 Å². The lowest BCUT2D eigenvalue weighted by molar-refractivity contribution is -0.146. The summed E-state index contributed by atoms with van der Waals surface area (Å²) in [5.41, 5.74) is -0.687. The van der Waals surface area contributed by atoms with Crippen molar-refractivity contribution in [3.05, 3.63) is 29.8 Å². The maximum Gasteiger partial charge on any atom is 0.226 e.